The third-order valence-electron chi connectivity index (χ3n) is 5.62. The first-order valence-electron chi connectivity index (χ1n) is 9.43. The van der Waals surface area contributed by atoms with Gasteiger partial charge < -0.3 is 71.6 Å². The Hall–Kier alpha value is -0.560. The van der Waals surface area contributed by atoms with Gasteiger partial charge in [-0.15, -0.1) is 0 Å². The zero-order valence-corrected chi connectivity index (χ0v) is 16.1. The number of ether oxygens (including phenoxy) is 3. The van der Waals surface area contributed by atoms with Crippen LogP contribution in [0, 0.1) is 0 Å². The Morgan fingerprint density at radius 1 is 0.867 bits per heavy atom. The van der Waals surface area contributed by atoms with E-state index in [0.717, 1.165) is 0 Å². The molecule has 0 spiro atoms. The largest absolute Gasteiger partial charge is 0.394 e. The van der Waals surface area contributed by atoms with E-state index in [1.165, 1.54) is 0 Å². The second kappa shape index (κ2) is 9.93. The summed E-state index contributed by atoms with van der Waals surface area (Å²) in [6.07, 6.45) is -15.5. The van der Waals surface area contributed by atoms with Gasteiger partial charge in [-0.25, -0.2) is 0 Å². The summed E-state index contributed by atoms with van der Waals surface area (Å²) >= 11 is 0. The second-order valence-electron chi connectivity index (χ2n) is 7.66. The molecular weight excluding hydrogens is 412 g/mol. The molecule has 0 amide bonds. The van der Waals surface area contributed by atoms with Gasteiger partial charge in [0.2, 0.25) is 5.79 Å². The molecule has 178 valence electrons. The average Bonchev–Trinajstić information content (AvgIpc) is 2.72. The number of hydrogen-bond acceptors (Lipinski definition) is 14. The van der Waals surface area contributed by atoms with Crippen LogP contribution in [0.1, 0.15) is 6.42 Å². The summed E-state index contributed by atoms with van der Waals surface area (Å²) in [6, 6.07) is 0. The first-order valence-corrected chi connectivity index (χ1v) is 9.43. The fraction of sp³-hybridized carbons (Fsp3) is 1.00. The third kappa shape index (κ3) is 4.48. The Morgan fingerprint density at radius 2 is 1.43 bits per heavy atom. The zero-order valence-electron chi connectivity index (χ0n) is 16.1. The van der Waals surface area contributed by atoms with Gasteiger partial charge in [0.1, 0.15) is 48.8 Å². The first-order chi connectivity index (χ1) is 14.0. The molecule has 2 aliphatic rings. The van der Waals surface area contributed by atoms with Crippen molar-refractivity contribution in [3.05, 3.63) is 0 Å². The number of aliphatic hydroxyl groups is 9. The molecule has 0 radical (unpaired) electrons. The maximum Gasteiger partial charge on any atom is 0.216 e. The Kier molecular flexibility index (Phi) is 8.51. The molecule has 30 heavy (non-hydrogen) atoms. The van der Waals surface area contributed by atoms with Crippen LogP contribution >= 0.6 is 0 Å². The van der Waals surface area contributed by atoms with Crippen LogP contribution in [0.15, 0.2) is 0 Å². The summed E-state index contributed by atoms with van der Waals surface area (Å²) in [5, 5.41) is 89.7. The molecule has 2 saturated heterocycles. The number of aliphatic hydroxyl groups excluding tert-OH is 8. The molecular formula is C16H32N2O12. The van der Waals surface area contributed by atoms with Crippen molar-refractivity contribution in [1.29, 1.82) is 0 Å². The SMILES string of the molecule is NCCC(N)(CO[C@H]1O[C@H](CO)[C@@H](O)[C@H](O)[C@@H]1O)[C@@]1(O)O[C@H](CO)[C@H](O)[C@H](O)[C@H]1O. The topological polar surface area (TPSA) is 262 Å². The van der Waals surface area contributed by atoms with Crippen LogP contribution in [0.2, 0.25) is 0 Å². The highest BCUT2D eigenvalue weighted by atomic mass is 16.7. The van der Waals surface area contributed by atoms with E-state index < -0.39 is 86.3 Å². The predicted molar refractivity (Wildman–Crippen MR) is 95.2 cm³/mol. The molecule has 0 aromatic heterocycles. The van der Waals surface area contributed by atoms with Gasteiger partial charge in [-0.3, -0.25) is 0 Å². The van der Waals surface area contributed by atoms with E-state index in [2.05, 4.69) is 0 Å². The summed E-state index contributed by atoms with van der Waals surface area (Å²) in [5.41, 5.74) is 9.69. The third-order valence-corrected chi connectivity index (χ3v) is 5.62. The Balaban J connectivity index is 2.24. The quantitative estimate of drug-likeness (QED) is 0.166. The molecule has 2 aliphatic heterocycles. The van der Waals surface area contributed by atoms with Crippen LogP contribution in [0.25, 0.3) is 0 Å². The van der Waals surface area contributed by atoms with E-state index >= 15 is 0 Å². The fourth-order valence-corrected chi connectivity index (χ4v) is 3.61. The Morgan fingerprint density at radius 3 is 1.97 bits per heavy atom. The summed E-state index contributed by atoms with van der Waals surface area (Å²) in [5.74, 6) is -2.76. The molecule has 14 heteroatoms. The van der Waals surface area contributed by atoms with Crippen LogP contribution in [0.3, 0.4) is 0 Å². The molecule has 1 unspecified atom stereocenters. The molecule has 13 N–H and O–H groups in total. The molecule has 14 nitrogen and oxygen atoms in total. The minimum Gasteiger partial charge on any atom is -0.394 e. The summed E-state index contributed by atoms with van der Waals surface area (Å²) in [4.78, 5) is 0. The van der Waals surface area contributed by atoms with Crippen LogP contribution in [-0.2, 0) is 14.2 Å². The number of nitrogens with two attached hydrogens (primary N) is 2. The second-order valence-corrected chi connectivity index (χ2v) is 7.66. The summed E-state index contributed by atoms with van der Waals surface area (Å²) in [7, 11) is 0. The van der Waals surface area contributed by atoms with Gasteiger partial charge in [0.15, 0.2) is 6.29 Å². The zero-order chi connectivity index (χ0) is 22.9. The molecule has 0 saturated carbocycles. The van der Waals surface area contributed by atoms with Crippen molar-refractivity contribution >= 4 is 0 Å². The molecule has 0 aliphatic carbocycles. The van der Waals surface area contributed by atoms with Crippen LogP contribution in [-0.4, -0.2) is 139 Å². The van der Waals surface area contributed by atoms with Crippen LogP contribution < -0.4 is 11.5 Å². The normalized spacial score (nSPS) is 47.1. The number of rotatable bonds is 8. The maximum absolute atomic E-state index is 11.0. The lowest BCUT2D eigenvalue weighted by Crippen LogP contribution is -2.77. The fourth-order valence-electron chi connectivity index (χ4n) is 3.61. The number of hydrogen-bond donors (Lipinski definition) is 11. The lowest BCUT2D eigenvalue weighted by atomic mass is 9.78. The monoisotopic (exact) mass is 444 g/mol. The van der Waals surface area contributed by atoms with Crippen molar-refractivity contribution in [2.75, 3.05) is 26.4 Å². The molecule has 2 heterocycles. The van der Waals surface area contributed by atoms with Crippen molar-refractivity contribution in [3.63, 3.8) is 0 Å². The van der Waals surface area contributed by atoms with E-state index in [0.29, 0.717) is 0 Å². The average molecular weight is 444 g/mol. The van der Waals surface area contributed by atoms with E-state index in [4.69, 9.17) is 25.7 Å². The molecule has 0 bridgehead atoms. The molecule has 0 aromatic rings. The van der Waals surface area contributed by atoms with Crippen molar-refractivity contribution in [3.8, 4) is 0 Å². The van der Waals surface area contributed by atoms with E-state index in [1.807, 2.05) is 0 Å². The highest BCUT2D eigenvalue weighted by Crippen LogP contribution is 2.37. The van der Waals surface area contributed by atoms with Gasteiger partial charge in [0, 0.05) is 0 Å². The highest BCUT2D eigenvalue weighted by molar-refractivity contribution is 5.09. The van der Waals surface area contributed by atoms with Crippen molar-refractivity contribution in [1.82, 2.24) is 0 Å². The standard InChI is InChI=1S/C16H32N2O12/c17-2-1-15(18,16(27)13(26)11(24)9(22)7(4-20)30-16)5-28-14-12(25)10(23)8(21)6(3-19)29-14/h6-14,19-27H,1-5,17-18H2/t6-,7-,8-,9+,10+,11+,12+,13-,14+,15?,16+/m1/s1. The first kappa shape index (κ1) is 25.7. The molecule has 0 aromatic carbocycles. The van der Waals surface area contributed by atoms with Crippen molar-refractivity contribution in [2.45, 2.75) is 72.9 Å². The van der Waals surface area contributed by atoms with Gasteiger partial charge in [-0.05, 0) is 13.0 Å². The molecule has 2 fully saturated rings. The molecule has 2 rings (SSSR count). The summed E-state index contributed by atoms with van der Waals surface area (Å²) in [6.45, 7) is -2.40. The van der Waals surface area contributed by atoms with Gasteiger partial charge >= 0.3 is 0 Å². The minimum atomic E-state index is -2.76. The maximum atomic E-state index is 11.0. The smallest absolute Gasteiger partial charge is 0.216 e. The van der Waals surface area contributed by atoms with E-state index in [9.17, 15) is 46.0 Å². The summed E-state index contributed by atoms with van der Waals surface area (Å²) < 4.78 is 15.8. The van der Waals surface area contributed by atoms with Crippen molar-refractivity contribution < 1.29 is 60.2 Å². The highest BCUT2D eigenvalue weighted by Gasteiger charge is 2.62. The van der Waals surface area contributed by atoms with E-state index in [1.54, 1.807) is 0 Å². The van der Waals surface area contributed by atoms with Gasteiger partial charge in [0.05, 0.1) is 25.4 Å². The lowest BCUT2D eigenvalue weighted by molar-refractivity contribution is -0.381. The predicted octanol–water partition coefficient (Wildman–Crippen LogP) is -6.99. The van der Waals surface area contributed by atoms with Crippen molar-refractivity contribution in [2.24, 2.45) is 11.5 Å². The minimum absolute atomic E-state index is 0.157. The van der Waals surface area contributed by atoms with Crippen LogP contribution in [0.4, 0.5) is 0 Å². The molecule has 11 atom stereocenters. The lowest BCUT2D eigenvalue weighted by Gasteiger charge is -2.53. The Labute approximate surface area is 171 Å². The van der Waals surface area contributed by atoms with Gasteiger partial charge in [-0.1, -0.05) is 0 Å². The van der Waals surface area contributed by atoms with Gasteiger partial charge in [-0.2, -0.15) is 0 Å². The van der Waals surface area contributed by atoms with E-state index in [-0.39, 0.29) is 13.0 Å². The Bertz CT molecular complexity index is 556. The van der Waals surface area contributed by atoms with Gasteiger partial charge in [0.25, 0.3) is 0 Å². The van der Waals surface area contributed by atoms with Crippen LogP contribution in [0.5, 0.6) is 0 Å².